The molecule has 0 bridgehead atoms. The van der Waals surface area contributed by atoms with Crippen LogP contribution in [0.3, 0.4) is 0 Å². The third-order valence-corrected chi connectivity index (χ3v) is 6.23. The summed E-state index contributed by atoms with van der Waals surface area (Å²) in [5.41, 5.74) is 3.89. The van der Waals surface area contributed by atoms with Gasteiger partial charge in [0.15, 0.2) is 0 Å². The maximum atomic E-state index is 13.3. The molecule has 1 aromatic carbocycles. The Labute approximate surface area is 181 Å². The van der Waals surface area contributed by atoms with Crippen LogP contribution < -0.4 is 10.9 Å². The maximum absolute atomic E-state index is 13.3. The largest absolute Gasteiger partial charge is 0.490 e. The Morgan fingerprint density at radius 1 is 1.32 bits per heavy atom. The van der Waals surface area contributed by atoms with E-state index in [0.29, 0.717) is 24.1 Å². The zero-order chi connectivity index (χ0) is 22.1. The van der Waals surface area contributed by atoms with E-state index in [0.717, 1.165) is 33.5 Å². The van der Waals surface area contributed by atoms with Crippen LogP contribution in [0.4, 0.5) is 5.69 Å². The molecule has 0 unspecified atom stereocenters. The van der Waals surface area contributed by atoms with Gasteiger partial charge in [0.1, 0.15) is 18.0 Å². The van der Waals surface area contributed by atoms with E-state index in [1.807, 2.05) is 25.1 Å². The van der Waals surface area contributed by atoms with Gasteiger partial charge >= 0.3 is 0 Å². The summed E-state index contributed by atoms with van der Waals surface area (Å²) in [6, 6.07) is 10.1. The molecule has 0 saturated heterocycles. The lowest BCUT2D eigenvalue weighted by atomic mass is 9.84. The van der Waals surface area contributed by atoms with Crippen molar-refractivity contribution >= 4 is 16.6 Å². The van der Waals surface area contributed by atoms with Crippen LogP contribution in [0, 0.1) is 0 Å². The topological polar surface area (TPSA) is 76.4 Å². The van der Waals surface area contributed by atoms with Crippen molar-refractivity contribution in [1.29, 1.82) is 0 Å². The minimum atomic E-state index is -1.37. The summed E-state index contributed by atoms with van der Waals surface area (Å²) in [6.45, 7) is 12.7. The van der Waals surface area contributed by atoms with Gasteiger partial charge in [-0.05, 0) is 51.5 Å². The number of benzene rings is 1. The second-order valence-electron chi connectivity index (χ2n) is 9.48. The van der Waals surface area contributed by atoms with Gasteiger partial charge < -0.3 is 19.7 Å². The smallest absolute Gasteiger partial charge is 0.258 e. The second kappa shape index (κ2) is 6.44. The molecule has 0 spiro atoms. The summed E-state index contributed by atoms with van der Waals surface area (Å²) in [6.07, 6.45) is 0.377. The predicted molar refractivity (Wildman–Crippen MR) is 122 cm³/mol. The Morgan fingerprint density at radius 3 is 2.81 bits per heavy atom. The van der Waals surface area contributed by atoms with Gasteiger partial charge in [-0.3, -0.25) is 4.79 Å². The molecule has 5 rings (SSSR count). The molecule has 160 valence electrons. The summed E-state index contributed by atoms with van der Waals surface area (Å²) in [5.74, 6) is 0.287. The van der Waals surface area contributed by atoms with Crippen LogP contribution in [0.25, 0.3) is 22.3 Å². The van der Waals surface area contributed by atoms with Crippen LogP contribution in [0.15, 0.2) is 47.5 Å². The van der Waals surface area contributed by atoms with E-state index in [1.165, 1.54) is 0 Å². The standard InChI is InChI=1S/C25H27N3O3/c1-6-25(30)14(2)31-13-17-18(25)11-21-22-15(12-28(21)23(17)29)10-16-19(26-22)8-7-9-20(16)27-24(3,4)5/h7-11,27,30H,2,6,12-13H2,1,3-5H3/t25-/m1/s1. The van der Waals surface area contributed by atoms with Crippen molar-refractivity contribution in [2.24, 2.45) is 0 Å². The minimum absolute atomic E-state index is 0.0841. The van der Waals surface area contributed by atoms with Crippen LogP contribution in [-0.2, 0) is 23.5 Å². The number of ether oxygens (including phenoxy) is 1. The van der Waals surface area contributed by atoms with Gasteiger partial charge in [-0.15, -0.1) is 0 Å². The molecule has 6 nitrogen and oxygen atoms in total. The van der Waals surface area contributed by atoms with E-state index in [9.17, 15) is 9.90 Å². The van der Waals surface area contributed by atoms with Gasteiger partial charge in [0.2, 0.25) is 0 Å². The Kier molecular flexibility index (Phi) is 4.12. The Balaban J connectivity index is 1.72. The third-order valence-electron chi connectivity index (χ3n) is 6.23. The first kappa shape index (κ1) is 19.8. The van der Waals surface area contributed by atoms with Crippen LogP contribution in [0.2, 0.25) is 0 Å². The molecule has 0 aliphatic carbocycles. The maximum Gasteiger partial charge on any atom is 0.258 e. The van der Waals surface area contributed by atoms with Crippen molar-refractivity contribution in [2.75, 3.05) is 5.32 Å². The highest BCUT2D eigenvalue weighted by Crippen LogP contribution is 2.42. The van der Waals surface area contributed by atoms with Gasteiger partial charge in [-0.25, -0.2) is 4.98 Å². The van der Waals surface area contributed by atoms with Gasteiger partial charge in [0.25, 0.3) is 5.56 Å². The molecule has 2 aliphatic heterocycles. The molecule has 0 fully saturated rings. The summed E-state index contributed by atoms with van der Waals surface area (Å²) in [7, 11) is 0. The van der Waals surface area contributed by atoms with Crippen LogP contribution in [0.5, 0.6) is 0 Å². The molecule has 6 heteroatoms. The number of rotatable bonds is 2. The average molecular weight is 418 g/mol. The molecule has 0 radical (unpaired) electrons. The fourth-order valence-corrected chi connectivity index (χ4v) is 4.63. The lowest BCUT2D eigenvalue weighted by molar-refractivity contribution is -0.0172. The number of fused-ring (bicyclic) bond motifs is 5. The Hall–Kier alpha value is -3.12. The minimum Gasteiger partial charge on any atom is -0.490 e. The fourth-order valence-electron chi connectivity index (χ4n) is 4.63. The first-order chi connectivity index (χ1) is 14.6. The Bertz CT molecular complexity index is 1320. The lowest BCUT2D eigenvalue weighted by Gasteiger charge is -2.35. The third kappa shape index (κ3) is 2.89. The first-order valence-electron chi connectivity index (χ1n) is 10.7. The van der Waals surface area contributed by atoms with Crippen molar-refractivity contribution in [2.45, 2.75) is 58.4 Å². The van der Waals surface area contributed by atoms with Crippen molar-refractivity contribution in [3.8, 4) is 11.4 Å². The number of hydrogen-bond donors (Lipinski definition) is 2. The van der Waals surface area contributed by atoms with Gasteiger partial charge in [0.05, 0.1) is 29.0 Å². The molecule has 2 aromatic heterocycles. The zero-order valence-corrected chi connectivity index (χ0v) is 18.4. The van der Waals surface area contributed by atoms with E-state index in [4.69, 9.17) is 9.72 Å². The van der Waals surface area contributed by atoms with Gasteiger partial charge in [-0.2, -0.15) is 0 Å². The van der Waals surface area contributed by atoms with E-state index in [1.54, 1.807) is 4.57 Å². The summed E-state index contributed by atoms with van der Waals surface area (Å²) in [5, 5.41) is 15.8. The van der Waals surface area contributed by atoms with Crippen molar-refractivity contribution in [3.63, 3.8) is 0 Å². The molecule has 31 heavy (non-hydrogen) atoms. The van der Waals surface area contributed by atoms with Crippen LogP contribution >= 0.6 is 0 Å². The van der Waals surface area contributed by atoms with E-state index >= 15 is 0 Å². The lowest BCUT2D eigenvalue weighted by Crippen LogP contribution is -2.38. The van der Waals surface area contributed by atoms with Crippen LogP contribution in [0.1, 0.15) is 50.8 Å². The van der Waals surface area contributed by atoms with E-state index in [-0.39, 0.29) is 23.5 Å². The SMILES string of the molecule is C=C1OCc2c(cc3n(c2=O)Cc2cc4c(NC(C)(C)C)cccc4nc2-3)[C@@]1(O)CC. The first-order valence-corrected chi connectivity index (χ1v) is 10.7. The number of nitrogens with zero attached hydrogens (tertiary/aromatic N) is 2. The highest BCUT2D eigenvalue weighted by Gasteiger charge is 2.41. The normalized spacial score (nSPS) is 19.6. The summed E-state index contributed by atoms with van der Waals surface area (Å²) >= 11 is 0. The molecule has 0 amide bonds. The zero-order valence-electron chi connectivity index (χ0n) is 18.4. The summed E-state index contributed by atoms with van der Waals surface area (Å²) in [4.78, 5) is 18.3. The molecular weight excluding hydrogens is 390 g/mol. The number of nitrogens with one attached hydrogen (secondary N) is 1. The molecule has 3 aromatic rings. The number of anilines is 1. The van der Waals surface area contributed by atoms with Crippen LogP contribution in [-0.4, -0.2) is 20.2 Å². The van der Waals surface area contributed by atoms with E-state index < -0.39 is 5.60 Å². The monoisotopic (exact) mass is 417 g/mol. The highest BCUT2D eigenvalue weighted by atomic mass is 16.5. The molecule has 0 saturated carbocycles. The fraction of sp³-hybridized carbons (Fsp3) is 0.360. The number of hydrogen-bond acceptors (Lipinski definition) is 5. The predicted octanol–water partition coefficient (Wildman–Crippen LogP) is 4.28. The van der Waals surface area contributed by atoms with E-state index in [2.05, 4.69) is 44.8 Å². The Morgan fingerprint density at radius 2 is 2.10 bits per heavy atom. The van der Waals surface area contributed by atoms with Crippen molar-refractivity contribution in [1.82, 2.24) is 9.55 Å². The van der Waals surface area contributed by atoms with Crippen molar-refractivity contribution in [3.05, 3.63) is 69.7 Å². The van der Waals surface area contributed by atoms with Gasteiger partial charge in [0, 0.05) is 27.7 Å². The molecular formula is C25H27N3O3. The second-order valence-corrected chi connectivity index (χ2v) is 9.48. The number of aliphatic hydroxyl groups is 1. The average Bonchev–Trinajstić information content (AvgIpc) is 3.07. The molecule has 1 atom stereocenters. The molecule has 2 aliphatic rings. The number of aromatic nitrogens is 2. The molecule has 2 N–H and O–H groups in total. The van der Waals surface area contributed by atoms with Gasteiger partial charge in [-0.1, -0.05) is 19.6 Å². The van der Waals surface area contributed by atoms with Crippen molar-refractivity contribution < 1.29 is 9.84 Å². The molecule has 4 heterocycles. The quantitative estimate of drug-likeness (QED) is 0.509. The number of pyridine rings is 2. The highest BCUT2D eigenvalue weighted by molar-refractivity contribution is 5.94. The summed E-state index contributed by atoms with van der Waals surface area (Å²) < 4.78 is 7.31.